The summed E-state index contributed by atoms with van der Waals surface area (Å²) >= 11 is 0. The molecule has 0 spiro atoms. The van der Waals surface area contributed by atoms with E-state index in [0.717, 1.165) is 88.9 Å². The first-order chi connectivity index (χ1) is 32.1. The van der Waals surface area contributed by atoms with Crippen molar-refractivity contribution in [3.8, 4) is 39.5 Å². The van der Waals surface area contributed by atoms with Crippen LogP contribution in [0.2, 0.25) is 0 Å². The zero-order chi connectivity index (χ0) is 46.8. The molecule has 5 heterocycles. The SMILES string of the molecule is CC(C)(C)c1cc(-c2cc(C(C)(C)C)ncn2)[c-]cn1.CC(C)c1cc(-c2ccccc2)cc(C(C)C)c1-n1c(-c2[c-]ccc3c2oc2cc4c(cc23)oc2ccccc24)nc2ccccc21.[Ir]. The third kappa shape index (κ3) is 8.57. The number of benzene rings is 6. The molecule has 68 heavy (non-hydrogen) atoms. The van der Waals surface area contributed by atoms with Crippen molar-refractivity contribution in [2.24, 2.45) is 0 Å². The third-order valence-electron chi connectivity index (χ3n) is 12.6. The van der Waals surface area contributed by atoms with E-state index in [4.69, 9.17) is 13.8 Å². The first-order valence-electron chi connectivity index (χ1n) is 23.2. The largest absolute Gasteiger partial charge is 0.501 e. The average molecular weight is 1070 g/mol. The maximum Gasteiger partial charge on any atom is 0.136 e. The van der Waals surface area contributed by atoms with Crippen molar-refractivity contribution in [3.05, 3.63) is 175 Å². The number of furan rings is 2. The first-order valence-corrected chi connectivity index (χ1v) is 23.2. The molecule has 0 saturated carbocycles. The molecular weight excluding hydrogens is 1010 g/mol. The van der Waals surface area contributed by atoms with Crippen molar-refractivity contribution < 1.29 is 28.9 Å². The van der Waals surface area contributed by atoms with Gasteiger partial charge in [0, 0.05) is 53.1 Å². The van der Waals surface area contributed by atoms with Gasteiger partial charge in [0.25, 0.3) is 0 Å². The molecule has 11 aromatic rings. The van der Waals surface area contributed by atoms with Gasteiger partial charge >= 0.3 is 0 Å². The molecule has 6 aromatic carbocycles. The Balaban J connectivity index is 0.000000232. The Kier molecular flexibility index (Phi) is 12.3. The molecule has 0 bridgehead atoms. The zero-order valence-corrected chi connectivity index (χ0v) is 42.7. The van der Waals surface area contributed by atoms with Gasteiger partial charge in [0.1, 0.15) is 23.1 Å². The van der Waals surface area contributed by atoms with Gasteiger partial charge in [-0.25, -0.2) is 4.98 Å². The van der Waals surface area contributed by atoms with E-state index in [2.05, 4.69) is 198 Å². The van der Waals surface area contributed by atoms with E-state index in [1.165, 1.54) is 27.9 Å². The van der Waals surface area contributed by atoms with Crippen molar-refractivity contribution in [3.63, 3.8) is 0 Å². The van der Waals surface area contributed by atoms with E-state index in [1.807, 2.05) is 30.3 Å². The molecule has 0 aliphatic rings. The molecule has 0 fully saturated rings. The Bertz CT molecular complexity index is 3540. The van der Waals surface area contributed by atoms with Crippen molar-refractivity contribution >= 4 is 54.9 Å². The van der Waals surface area contributed by atoms with Crippen LogP contribution in [0.15, 0.2) is 149 Å². The topological polar surface area (TPSA) is 82.8 Å². The number of rotatable bonds is 6. The number of pyridine rings is 1. The van der Waals surface area contributed by atoms with Gasteiger partial charge in [-0.2, -0.15) is 11.6 Å². The Morgan fingerprint density at radius 1 is 0.559 bits per heavy atom. The average Bonchev–Trinajstić information content (AvgIpc) is 4.01. The fourth-order valence-electron chi connectivity index (χ4n) is 9.02. The Morgan fingerprint density at radius 3 is 1.90 bits per heavy atom. The molecule has 0 amide bonds. The second-order valence-corrected chi connectivity index (χ2v) is 20.2. The number of hydrogen-bond acceptors (Lipinski definition) is 6. The summed E-state index contributed by atoms with van der Waals surface area (Å²) in [5.74, 6) is 1.37. The minimum absolute atomic E-state index is 0. The molecule has 343 valence electrons. The van der Waals surface area contributed by atoms with Crippen molar-refractivity contribution in [1.29, 1.82) is 0 Å². The van der Waals surface area contributed by atoms with Crippen LogP contribution >= 0.6 is 0 Å². The number of imidazole rings is 1. The van der Waals surface area contributed by atoms with E-state index in [0.29, 0.717) is 0 Å². The van der Waals surface area contributed by atoms with E-state index in [1.54, 1.807) is 12.5 Å². The molecule has 5 aromatic heterocycles. The van der Waals surface area contributed by atoms with Gasteiger partial charge in [-0.05, 0) is 99.6 Å². The van der Waals surface area contributed by atoms with E-state index in [9.17, 15) is 0 Å². The third-order valence-corrected chi connectivity index (χ3v) is 12.6. The predicted molar refractivity (Wildman–Crippen MR) is 275 cm³/mol. The van der Waals surface area contributed by atoms with Crippen LogP contribution in [0.1, 0.15) is 104 Å². The monoisotopic (exact) mass is 1070 g/mol. The molecule has 11 rings (SSSR count). The second-order valence-electron chi connectivity index (χ2n) is 20.2. The van der Waals surface area contributed by atoms with E-state index in [-0.39, 0.29) is 42.8 Å². The number of aromatic nitrogens is 5. The quantitative estimate of drug-likeness (QED) is 0.154. The molecule has 7 nitrogen and oxygen atoms in total. The van der Waals surface area contributed by atoms with Gasteiger partial charge in [-0.1, -0.05) is 147 Å². The van der Waals surface area contributed by atoms with Gasteiger partial charge in [0.15, 0.2) is 0 Å². The van der Waals surface area contributed by atoms with Crippen LogP contribution in [0, 0.1) is 12.1 Å². The van der Waals surface area contributed by atoms with Gasteiger partial charge in [-0.3, -0.25) is 9.97 Å². The van der Waals surface area contributed by atoms with Crippen LogP contribution < -0.4 is 0 Å². The second kappa shape index (κ2) is 18.1. The van der Waals surface area contributed by atoms with Crippen LogP contribution in [0.5, 0.6) is 0 Å². The Hall–Kier alpha value is -6.73. The molecule has 0 saturated heterocycles. The smallest absolute Gasteiger partial charge is 0.136 e. The molecule has 0 aliphatic carbocycles. The molecule has 1 radical (unpaired) electrons. The summed E-state index contributed by atoms with van der Waals surface area (Å²) in [7, 11) is 0. The van der Waals surface area contributed by atoms with Crippen LogP contribution in [0.3, 0.4) is 0 Å². The maximum atomic E-state index is 6.76. The Morgan fingerprint density at radius 2 is 1.19 bits per heavy atom. The molecule has 0 N–H and O–H groups in total. The van der Waals surface area contributed by atoms with Gasteiger partial charge in [0.2, 0.25) is 0 Å². The van der Waals surface area contributed by atoms with Crippen LogP contribution in [0.4, 0.5) is 0 Å². The summed E-state index contributed by atoms with van der Waals surface area (Å²) in [6.07, 6.45) is 3.36. The molecule has 0 unspecified atom stereocenters. The molecule has 8 heteroatoms. The standard InChI is InChI=1S/C43H33N2O2.C17H22N3.Ir/c1-25(2)32-21-28(27-13-6-5-7-14-27)22-33(26(3)4)41(32)45-37-19-10-9-18-36(37)44-43(45)31-17-12-16-30-35-24-39-34(23-40(35)47-42(30)31)29-15-8-11-20-38(29)46-39;1-16(2,3)14-9-12(7-8-18-14)13-10-15(17(4,5)6)20-11-19-13;/h5-16,18-26H,1-4H3;8-11H,1-6H3;/q2*-1;. The molecule has 0 atom stereocenters. The molecule has 0 aliphatic heterocycles. The minimum atomic E-state index is 0. The predicted octanol–water partition coefficient (Wildman–Crippen LogP) is 16.1. The van der Waals surface area contributed by atoms with Gasteiger partial charge in [0.05, 0.1) is 22.4 Å². The summed E-state index contributed by atoms with van der Waals surface area (Å²) in [6.45, 7) is 22.0. The number of para-hydroxylation sites is 3. The maximum absolute atomic E-state index is 6.76. The van der Waals surface area contributed by atoms with Crippen LogP contribution in [-0.2, 0) is 30.9 Å². The molecular formula is C60H55IrN5O2-2. The van der Waals surface area contributed by atoms with E-state index < -0.39 is 0 Å². The number of nitrogens with zero attached hydrogens (tertiary/aromatic N) is 5. The fraction of sp³-hybridized carbons (Fsp3) is 0.233. The summed E-state index contributed by atoms with van der Waals surface area (Å²) in [6, 6.07) is 51.1. The fourth-order valence-corrected chi connectivity index (χ4v) is 9.02. The summed E-state index contributed by atoms with van der Waals surface area (Å²) in [5, 5.41) is 4.16. The van der Waals surface area contributed by atoms with Gasteiger partial charge < -0.3 is 18.4 Å². The number of hydrogen-bond donors (Lipinski definition) is 0. The Labute approximate surface area is 412 Å². The first kappa shape index (κ1) is 46.4. The van der Waals surface area contributed by atoms with Crippen LogP contribution in [-0.4, -0.2) is 24.5 Å². The normalized spacial score (nSPS) is 12.1. The number of fused-ring (bicyclic) bond motifs is 7. The minimum Gasteiger partial charge on any atom is -0.501 e. The van der Waals surface area contributed by atoms with Crippen LogP contribution in [0.25, 0.3) is 94.4 Å². The summed E-state index contributed by atoms with van der Waals surface area (Å²) in [4.78, 5) is 18.5. The van der Waals surface area contributed by atoms with Crippen molar-refractivity contribution in [1.82, 2.24) is 24.5 Å². The summed E-state index contributed by atoms with van der Waals surface area (Å²) in [5.41, 5.74) is 16.3. The van der Waals surface area contributed by atoms with Gasteiger partial charge in [-0.15, -0.1) is 24.3 Å². The summed E-state index contributed by atoms with van der Waals surface area (Å²) < 4.78 is 15.4. The zero-order valence-electron chi connectivity index (χ0n) is 40.3. The van der Waals surface area contributed by atoms with Crippen molar-refractivity contribution in [2.75, 3.05) is 0 Å². The van der Waals surface area contributed by atoms with Crippen molar-refractivity contribution in [2.45, 2.75) is 91.9 Å². The van der Waals surface area contributed by atoms with E-state index >= 15 is 0 Å².